The zero-order chi connectivity index (χ0) is 13.3. The van der Waals surface area contributed by atoms with E-state index in [-0.39, 0.29) is 0 Å². The van der Waals surface area contributed by atoms with Gasteiger partial charge in [0.15, 0.2) is 0 Å². The van der Waals surface area contributed by atoms with Crippen molar-refractivity contribution in [3.63, 3.8) is 0 Å². The predicted octanol–water partition coefficient (Wildman–Crippen LogP) is 2.07. The number of nitrogens with one attached hydrogen (secondary N) is 1. The minimum atomic E-state index is 0.453. The summed E-state index contributed by atoms with van der Waals surface area (Å²) in [4.78, 5) is 1.69. The van der Waals surface area contributed by atoms with Crippen LogP contribution < -0.4 is 4.90 Å². The highest BCUT2D eigenvalue weighted by molar-refractivity contribution is 5.41. The van der Waals surface area contributed by atoms with Crippen LogP contribution in [0.4, 0.5) is 0 Å². The number of hydrogen-bond acceptors (Lipinski definition) is 1. The van der Waals surface area contributed by atoms with Crippen molar-refractivity contribution in [3.8, 4) is 5.75 Å². The number of piperidine rings is 1. The molecule has 1 aromatic carbocycles. The molecule has 1 aliphatic rings. The van der Waals surface area contributed by atoms with E-state index in [0.717, 1.165) is 29.5 Å². The van der Waals surface area contributed by atoms with Crippen molar-refractivity contribution in [3.05, 3.63) is 28.8 Å². The van der Waals surface area contributed by atoms with Crippen LogP contribution in [0, 0.1) is 25.7 Å². The molecule has 1 aliphatic heterocycles. The van der Waals surface area contributed by atoms with Crippen molar-refractivity contribution in [2.75, 3.05) is 13.1 Å². The summed E-state index contributed by atoms with van der Waals surface area (Å²) in [5.41, 5.74) is 3.36. The van der Waals surface area contributed by atoms with Gasteiger partial charge in [-0.3, -0.25) is 0 Å². The maximum absolute atomic E-state index is 9.81. The highest BCUT2D eigenvalue weighted by atomic mass is 16.3. The average molecular weight is 248 g/mol. The Kier molecular flexibility index (Phi) is 3.96. The third-order valence-corrected chi connectivity index (χ3v) is 4.08. The first-order valence-corrected chi connectivity index (χ1v) is 7.08. The molecule has 100 valence electrons. The Labute approximate surface area is 111 Å². The Morgan fingerprint density at radius 3 is 2.11 bits per heavy atom. The molecule has 0 bridgehead atoms. The summed E-state index contributed by atoms with van der Waals surface area (Å²) >= 11 is 0. The maximum Gasteiger partial charge on any atom is 0.121 e. The van der Waals surface area contributed by atoms with E-state index in [9.17, 15) is 5.11 Å². The molecule has 1 saturated heterocycles. The maximum atomic E-state index is 9.81. The third-order valence-electron chi connectivity index (χ3n) is 4.08. The van der Waals surface area contributed by atoms with E-state index >= 15 is 0 Å². The lowest BCUT2D eigenvalue weighted by molar-refractivity contribution is -0.925. The highest BCUT2D eigenvalue weighted by Gasteiger charge is 2.25. The predicted molar refractivity (Wildman–Crippen MR) is 74.9 cm³/mol. The third kappa shape index (κ3) is 3.05. The van der Waals surface area contributed by atoms with Crippen LogP contribution in [0.2, 0.25) is 0 Å². The number of aromatic hydroxyl groups is 1. The molecule has 0 radical (unpaired) electrons. The van der Waals surface area contributed by atoms with Crippen LogP contribution in [0.15, 0.2) is 12.1 Å². The standard InChI is InChI=1S/C16H25NO/c1-11-5-12(2)9-17(8-11)10-15-6-13(3)16(18)14(4)7-15/h6-7,11-12,18H,5,8-10H2,1-4H3/p+1/t11-,12+. The molecule has 3 atom stereocenters. The number of phenols is 1. The number of aryl methyl sites for hydroxylation is 2. The minimum Gasteiger partial charge on any atom is -0.507 e. The van der Waals surface area contributed by atoms with Crippen molar-refractivity contribution in [1.82, 2.24) is 0 Å². The fourth-order valence-corrected chi connectivity index (χ4v) is 3.50. The molecule has 0 saturated carbocycles. The van der Waals surface area contributed by atoms with E-state index in [2.05, 4.69) is 26.0 Å². The molecule has 1 fully saturated rings. The van der Waals surface area contributed by atoms with E-state index in [1.165, 1.54) is 25.1 Å². The molecule has 1 unspecified atom stereocenters. The quantitative estimate of drug-likeness (QED) is 0.823. The Balaban J connectivity index is 2.09. The molecule has 1 aromatic rings. The van der Waals surface area contributed by atoms with E-state index in [1.807, 2.05) is 13.8 Å². The van der Waals surface area contributed by atoms with Crippen LogP contribution in [0.1, 0.15) is 37.0 Å². The first-order valence-electron chi connectivity index (χ1n) is 7.08. The lowest BCUT2D eigenvalue weighted by atomic mass is 9.91. The van der Waals surface area contributed by atoms with Gasteiger partial charge in [0.2, 0.25) is 0 Å². The fraction of sp³-hybridized carbons (Fsp3) is 0.625. The minimum absolute atomic E-state index is 0.453. The van der Waals surface area contributed by atoms with Crippen molar-refractivity contribution >= 4 is 0 Å². The molecule has 0 aromatic heterocycles. The van der Waals surface area contributed by atoms with Gasteiger partial charge in [0.1, 0.15) is 12.3 Å². The molecule has 1 heterocycles. The van der Waals surface area contributed by atoms with Gasteiger partial charge in [0.05, 0.1) is 13.1 Å². The second-order valence-electron chi connectivity index (χ2n) is 6.36. The zero-order valence-electron chi connectivity index (χ0n) is 12.1. The van der Waals surface area contributed by atoms with Gasteiger partial charge in [-0.1, -0.05) is 13.8 Å². The topological polar surface area (TPSA) is 24.7 Å². The van der Waals surface area contributed by atoms with Gasteiger partial charge >= 0.3 is 0 Å². The lowest BCUT2D eigenvalue weighted by Gasteiger charge is -2.32. The van der Waals surface area contributed by atoms with Crippen molar-refractivity contribution in [2.45, 2.75) is 40.7 Å². The van der Waals surface area contributed by atoms with Crippen molar-refractivity contribution < 1.29 is 10.0 Å². The average Bonchev–Trinajstić information content (AvgIpc) is 2.24. The van der Waals surface area contributed by atoms with Gasteiger partial charge in [-0.25, -0.2) is 0 Å². The summed E-state index contributed by atoms with van der Waals surface area (Å²) in [6.07, 6.45) is 1.37. The van der Waals surface area contributed by atoms with Crippen LogP contribution in [-0.2, 0) is 6.54 Å². The number of phenolic OH excluding ortho intramolecular Hbond substituents is 1. The summed E-state index contributed by atoms with van der Waals surface area (Å²) < 4.78 is 0. The molecule has 2 N–H and O–H groups in total. The monoisotopic (exact) mass is 248 g/mol. The SMILES string of the molecule is Cc1cc(C[NH+]2C[C@H](C)C[C@H](C)C2)cc(C)c1O. The number of rotatable bonds is 2. The molecule has 0 aliphatic carbocycles. The fourth-order valence-electron chi connectivity index (χ4n) is 3.50. The summed E-state index contributed by atoms with van der Waals surface area (Å²) in [6, 6.07) is 4.28. The van der Waals surface area contributed by atoms with Gasteiger partial charge in [-0.15, -0.1) is 0 Å². The second kappa shape index (κ2) is 5.31. The van der Waals surface area contributed by atoms with E-state index in [0.29, 0.717) is 5.75 Å². The first-order chi connectivity index (χ1) is 8.45. The molecular formula is C16H26NO+. The van der Waals surface area contributed by atoms with Crippen LogP contribution in [0.5, 0.6) is 5.75 Å². The molecule has 0 amide bonds. The van der Waals surface area contributed by atoms with Gasteiger partial charge in [-0.2, -0.15) is 0 Å². The zero-order valence-corrected chi connectivity index (χ0v) is 12.1. The lowest BCUT2D eigenvalue weighted by Crippen LogP contribution is -3.13. The van der Waals surface area contributed by atoms with Gasteiger partial charge in [0, 0.05) is 17.4 Å². The molecule has 2 heteroatoms. The first kappa shape index (κ1) is 13.4. The molecule has 2 rings (SSSR count). The summed E-state index contributed by atoms with van der Waals surface area (Å²) in [7, 11) is 0. The number of quaternary nitrogens is 1. The van der Waals surface area contributed by atoms with Crippen LogP contribution in [-0.4, -0.2) is 18.2 Å². The van der Waals surface area contributed by atoms with E-state index in [4.69, 9.17) is 0 Å². The van der Waals surface area contributed by atoms with Crippen LogP contribution >= 0.6 is 0 Å². The number of benzene rings is 1. The molecule has 0 spiro atoms. The summed E-state index contributed by atoms with van der Waals surface area (Å²) in [5, 5.41) is 9.81. The number of likely N-dealkylation sites (tertiary alicyclic amines) is 1. The second-order valence-corrected chi connectivity index (χ2v) is 6.36. The normalized spacial score (nSPS) is 28.3. The summed E-state index contributed by atoms with van der Waals surface area (Å²) in [6.45, 7) is 12.4. The van der Waals surface area contributed by atoms with Gasteiger partial charge < -0.3 is 10.0 Å². The van der Waals surface area contributed by atoms with Crippen LogP contribution in [0.25, 0.3) is 0 Å². The number of hydrogen-bond donors (Lipinski definition) is 2. The smallest absolute Gasteiger partial charge is 0.121 e. The largest absolute Gasteiger partial charge is 0.507 e. The van der Waals surface area contributed by atoms with Gasteiger partial charge in [-0.05, 0) is 43.5 Å². The van der Waals surface area contributed by atoms with Gasteiger partial charge in [0.25, 0.3) is 0 Å². The Hall–Kier alpha value is -1.02. The van der Waals surface area contributed by atoms with Crippen molar-refractivity contribution in [2.24, 2.45) is 11.8 Å². The Morgan fingerprint density at radius 2 is 1.61 bits per heavy atom. The van der Waals surface area contributed by atoms with Crippen LogP contribution in [0.3, 0.4) is 0 Å². The van der Waals surface area contributed by atoms with E-state index in [1.54, 1.807) is 4.90 Å². The summed E-state index contributed by atoms with van der Waals surface area (Å²) in [5.74, 6) is 2.13. The van der Waals surface area contributed by atoms with Crippen molar-refractivity contribution in [1.29, 1.82) is 0 Å². The Bertz CT molecular complexity index is 394. The molecule has 2 nitrogen and oxygen atoms in total. The molecule has 18 heavy (non-hydrogen) atoms. The molecular weight excluding hydrogens is 222 g/mol. The van der Waals surface area contributed by atoms with E-state index < -0.39 is 0 Å². The highest BCUT2D eigenvalue weighted by Crippen LogP contribution is 2.22. The Morgan fingerprint density at radius 1 is 1.11 bits per heavy atom.